The van der Waals surface area contributed by atoms with Crippen molar-refractivity contribution in [2.75, 3.05) is 16.8 Å². The maximum atomic E-state index is 12.7. The first kappa shape index (κ1) is 29.5. The number of anilines is 2. The fraction of sp³-hybridized carbons (Fsp3) is 0.600. The quantitative estimate of drug-likeness (QED) is 0.422. The van der Waals surface area contributed by atoms with E-state index in [0.717, 1.165) is 33.3 Å². The summed E-state index contributed by atoms with van der Waals surface area (Å²) in [6.07, 6.45) is 1.12. The maximum absolute atomic E-state index is 12.7. The Morgan fingerprint density at radius 2 is 1.58 bits per heavy atom. The van der Waals surface area contributed by atoms with Crippen LogP contribution in [0, 0.1) is 24.7 Å². The van der Waals surface area contributed by atoms with Crippen molar-refractivity contribution in [2.45, 2.75) is 86.9 Å². The van der Waals surface area contributed by atoms with E-state index >= 15 is 0 Å². The zero-order chi connectivity index (χ0) is 24.4. The van der Waals surface area contributed by atoms with E-state index in [0.29, 0.717) is 10.7 Å². The van der Waals surface area contributed by atoms with Crippen LogP contribution in [-0.2, 0) is 0 Å². The monoisotopic (exact) mass is 465 g/mol. The van der Waals surface area contributed by atoms with Crippen molar-refractivity contribution in [1.82, 2.24) is 4.98 Å². The second kappa shape index (κ2) is 13.1. The zero-order valence-corrected chi connectivity index (χ0v) is 23.0. The van der Waals surface area contributed by atoms with Gasteiger partial charge in [-0.1, -0.05) is 92.3 Å². The van der Waals surface area contributed by atoms with Gasteiger partial charge in [-0.25, -0.2) is 4.98 Å². The van der Waals surface area contributed by atoms with Crippen LogP contribution in [0.5, 0.6) is 0 Å². The molecule has 0 atom stereocenters. The van der Waals surface area contributed by atoms with Crippen LogP contribution in [0.15, 0.2) is 22.5 Å². The maximum Gasteiger partial charge on any atom is 0.269 e. The minimum absolute atomic E-state index is 0.185. The Morgan fingerprint density at radius 3 is 2.06 bits per heavy atom. The highest BCUT2D eigenvalue weighted by molar-refractivity contribution is 8.01. The molecule has 1 heterocycles. The third kappa shape index (κ3) is 10.1. The molecule has 1 aromatic carbocycles. The van der Waals surface area contributed by atoms with Crippen LogP contribution in [0.2, 0.25) is 0 Å². The Morgan fingerprint density at radius 1 is 1.06 bits per heavy atom. The van der Waals surface area contributed by atoms with Gasteiger partial charge in [0, 0.05) is 11.4 Å². The number of thiazole rings is 1. The van der Waals surface area contributed by atoms with E-state index in [4.69, 9.17) is 5.73 Å². The molecule has 0 unspecified atom stereocenters. The van der Waals surface area contributed by atoms with Crippen molar-refractivity contribution in [2.24, 2.45) is 10.8 Å². The molecule has 4 nitrogen and oxygen atoms in total. The standard InChI is InChI=1S/C21H31N3OS2.2C2H6/c1-13-9-8-10-14(2)15(13)23-18(25)16-17(22)24-19(27-16)26-12-21(6,7)11-20(3,4)5;2*1-2/h8-10H,11-12,22H2,1-7H3,(H,23,25);2*1-2H3. The molecular weight excluding hydrogens is 422 g/mol. The summed E-state index contributed by atoms with van der Waals surface area (Å²) < 4.78 is 0.848. The van der Waals surface area contributed by atoms with E-state index in [1.165, 1.54) is 11.3 Å². The Balaban J connectivity index is 0.00000212. The van der Waals surface area contributed by atoms with Gasteiger partial charge >= 0.3 is 0 Å². The summed E-state index contributed by atoms with van der Waals surface area (Å²) in [7, 11) is 0. The topological polar surface area (TPSA) is 68.0 Å². The third-order valence-electron chi connectivity index (χ3n) is 4.15. The van der Waals surface area contributed by atoms with E-state index in [1.54, 1.807) is 11.8 Å². The molecule has 6 heteroatoms. The number of nitrogen functional groups attached to an aromatic ring is 1. The summed E-state index contributed by atoms with van der Waals surface area (Å²) >= 11 is 3.05. The molecule has 0 radical (unpaired) electrons. The number of nitrogens with one attached hydrogen (secondary N) is 1. The molecule has 0 aliphatic heterocycles. The SMILES string of the molecule is CC.CC.Cc1cccc(C)c1NC(=O)c1sc(SCC(C)(C)CC(C)(C)C)nc1N. The van der Waals surface area contributed by atoms with Crippen molar-refractivity contribution < 1.29 is 4.79 Å². The van der Waals surface area contributed by atoms with E-state index in [9.17, 15) is 4.79 Å². The number of benzene rings is 1. The highest BCUT2D eigenvalue weighted by Gasteiger charge is 2.26. The number of amides is 1. The van der Waals surface area contributed by atoms with Crippen molar-refractivity contribution in [3.8, 4) is 0 Å². The number of aromatic nitrogens is 1. The van der Waals surface area contributed by atoms with Crippen LogP contribution in [0.3, 0.4) is 0 Å². The lowest BCUT2D eigenvalue weighted by molar-refractivity contribution is 0.103. The summed E-state index contributed by atoms with van der Waals surface area (Å²) in [6.45, 7) is 23.3. The molecule has 1 aromatic heterocycles. The molecule has 2 rings (SSSR count). The molecule has 3 N–H and O–H groups in total. The average molecular weight is 466 g/mol. The fourth-order valence-corrected chi connectivity index (χ4v) is 5.52. The van der Waals surface area contributed by atoms with Gasteiger partial charge in [0.2, 0.25) is 0 Å². The van der Waals surface area contributed by atoms with Crippen molar-refractivity contribution in [1.29, 1.82) is 0 Å². The fourth-order valence-electron chi connectivity index (χ4n) is 3.46. The molecule has 0 spiro atoms. The van der Waals surface area contributed by atoms with Crippen molar-refractivity contribution in [3.63, 3.8) is 0 Å². The lowest BCUT2D eigenvalue weighted by atomic mass is 9.77. The molecule has 0 fully saturated rings. The Labute approximate surface area is 198 Å². The Kier molecular flexibility index (Phi) is 12.5. The van der Waals surface area contributed by atoms with Crippen LogP contribution in [0.1, 0.15) is 89.5 Å². The van der Waals surface area contributed by atoms with E-state index < -0.39 is 0 Å². The summed E-state index contributed by atoms with van der Waals surface area (Å²) in [6, 6.07) is 5.95. The van der Waals surface area contributed by atoms with Gasteiger partial charge in [-0.3, -0.25) is 4.79 Å². The van der Waals surface area contributed by atoms with Crippen LogP contribution in [0.4, 0.5) is 11.5 Å². The molecule has 2 aromatic rings. The highest BCUT2D eigenvalue weighted by atomic mass is 32.2. The first-order chi connectivity index (χ1) is 14.4. The highest BCUT2D eigenvalue weighted by Crippen LogP contribution is 2.39. The van der Waals surface area contributed by atoms with E-state index in [2.05, 4.69) is 44.9 Å². The molecule has 31 heavy (non-hydrogen) atoms. The predicted octanol–water partition coefficient (Wildman–Crippen LogP) is 8.20. The zero-order valence-electron chi connectivity index (χ0n) is 21.4. The number of nitrogens with zero attached hydrogens (tertiary/aromatic N) is 1. The number of aryl methyl sites for hydroxylation is 2. The minimum atomic E-state index is -0.191. The molecule has 1 amide bonds. The number of nitrogens with two attached hydrogens (primary N) is 1. The molecule has 0 aliphatic rings. The lowest BCUT2D eigenvalue weighted by Crippen LogP contribution is -2.22. The molecule has 176 valence electrons. The number of thioether (sulfide) groups is 1. The van der Waals surface area contributed by atoms with Crippen LogP contribution < -0.4 is 11.1 Å². The van der Waals surface area contributed by atoms with Crippen LogP contribution in [0.25, 0.3) is 0 Å². The third-order valence-corrected chi connectivity index (χ3v) is 6.89. The van der Waals surface area contributed by atoms with E-state index in [1.807, 2.05) is 59.7 Å². The predicted molar refractivity (Wildman–Crippen MR) is 142 cm³/mol. The summed E-state index contributed by atoms with van der Waals surface area (Å²) in [5.74, 6) is 1.05. The van der Waals surface area contributed by atoms with Crippen LogP contribution >= 0.6 is 23.1 Å². The number of para-hydroxylation sites is 1. The number of carbonyl (C=O) groups excluding carboxylic acids is 1. The van der Waals surface area contributed by atoms with Crippen LogP contribution in [-0.4, -0.2) is 16.6 Å². The summed E-state index contributed by atoms with van der Waals surface area (Å²) in [5.41, 5.74) is 9.41. The smallest absolute Gasteiger partial charge is 0.269 e. The summed E-state index contributed by atoms with van der Waals surface area (Å²) in [5, 5.41) is 2.99. The van der Waals surface area contributed by atoms with E-state index in [-0.39, 0.29) is 16.7 Å². The Bertz CT molecular complexity index is 800. The van der Waals surface area contributed by atoms with Gasteiger partial charge < -0.3 is 11.1 Å². The summed E-state index contributed by atoms with van der Waals surface area (Å²) in [4.78, 5) is 17.6. The number of hydrogen-bond donors (Lipinski definition) is 2. The average Bonchev–Trinajstić information content (AvgIpc) is 3.05. The first-order valence-electron chi connectivity index (χ1n) is 11.1. The minimum Gasteiger partial charge on any atom is -0.382 e. The van der Waals surface area contributed by atoms with Crippen molar-refractivity contribution in [3.05, 3.63) is 34.2 Å². The second-order valence-corrected chi connectivity index (χ2v) is 11.3. The molecular formula is C25H43N3OS2. The first-order valence-corrected chi connectivity index (χ1v) is 12.9. The van der Waals surface area contributed by atoms with Gasteiger partial charge in [0.15, 0.2) is 4.34 Å². The lowest BCUT2D eigenvalue weighted by Gasteiger charge is -2.31. The molecule has 0 saturated heterocycles. The van der Waals surface area contributed by atoms with Gasteiger partial charge in [-0.15, -0.1) is 11.3 Å². The molecule has 0 saturated carbocycles. The van der Waals surface area contributed by atoms with Gasteiger partial charge in [-0.05, 0) is 42.2 Å². The molecule has 0 aliphatic carbocycles. The number of hydrogen-bond acceptors (Lipinski definition) is 5. The second-order valence-electron chi connectivity index (χ2n) is 9.11. The number of carbonyl (C=O) groups is 1. The van der Waals surface area contributed by atoms with Gasteiger partial charge in [0.1, 0.15) is 10.7 Å². The van der Waals surface area contributed by atoms with Gasteiger partial charge in [0.05, 0.1) is 0 Å². The van der Waals surface area contributed by atoms with Gasteiger partial charge in [-0.2, -0.15) is 0 Å². The molecule has 0 bridgehead atoms. The van der Waals surface area contributed by atoms with Gasteiger partial charge in [0.25, 0.3) is 5.91 Å². The Hall–Kier alpha value is -1.53. The number of rotatable bonds is 6. The van der Waals surface area contributed by atoms with Crippen molar-refractivity contribution >= 4 is 40.5 Å². The largest absolute Gasteiger partial charge is 0.382 e. The normalized spacial score (nSPS) is 11.1.